The Bertz CT molecular complexity index is 1060. The topological polar surface area (TPSA) is 69.9 Å². The number of hydrogen-bond acceptors (Lipinski definition) is 5. The van der Waals surface area contributed by atoms with Crippen LogP contribution < -0.4 is 9.54 Å². The third-order valence-electron chi connectivity index (χ3n) is 4.21. The molecule has 0 fully saturated rings. The summed E-state index contributed by atoms with van der Waals surface area (Å²) in [5.74, 6) is 0.0745. The van der Waals surface area contributed by atoms with Crippen molar-refractivity contribution in [2.75, 3.05) is 13.7 Å². The molecule has 0 aliphatic rings. The van der Waals surface area contributed by atoms with Crippen LogP contribution in [-0.4, -0.2) is 30.2 Å². The molecule has 1 aromatic heterocycles. The lowest BCUT2D eigenvalue weighted by Gasteiger charge is -2.05. The van der Waals surface area contributed by atoms with Crippen molar-refractivity contribution in [2.24, 2.45) is 4.99 Å². The lowest BCUT2D eigenvalue weighted by atomic mass is 10.2. The first kappa shape index (κ1) is 19.8. The summed E-state index contributed by atoms with van der Waals surface area (Å²) >= 11 is 1.43. The highest BCUT2D eigenvalue weighted by molar-refractivity contribution is 7.16. The molecule has 0 unspecified atom stereocenters. The van der Waals surface area contributed by atoms with Gasteiger partial charge in [-0.15, -0.1) is 0 Å². The molecule has 0 radical (unpaired) electrons. The molecular formula is C21H22N2O4S. The molecule has 146 valence electrons. The second-order valence-corrected chi connectivity index (χ2v) is 7.22. The first-order chi connectivity index (χ1) is 13.5. The third-order valence-corrected chi connectivity index (χ3v) is 5.26. The number of carbonyl (C=O) groups excluding carboxylic acids is 2. The molecule has 0 saturated heterocycles. The van der Waals surface area contributed by atoms with Crippen molar-refractivity contribution in [3.63, 3.8) is 0 Å². The number of rotatable bonds is 6. The van der Waals surface area contributed by atoms with Gasteiger partial charge in [-0.25, -0.2) is 0 Å². The van der Waals surface area contributed by atoms with E-state index in [4.69, 9.17) is 9.47 Å². The third kappa shape index (κ3) is 4.48. The van der Waals surface area contributed by atoms with Crippen molar-refractivity contribution in [1.29, 1.82) is 0 Å². The van der Waals surface area contributed by atoms with Crippen molar-refractivity contribution in [2.45, 2.75) is 26.8 Å². The highest BCUT2D eigenvalue weighted by atomic mass is 32.1. The summed E-state index contributed by atoms with van der Waals surface area (Å²) in [5, 5.41) is 0. The highest BCUT2D eigenvalue weighted by Crippen LogP contribution is 2.20. The molecule has 0 bridgehead atoms. The van der Waals surface area contributed by atoms with Crippen LogP contribution in [0.25, 0.3) is 10.2 Å². The minimum Gasteiger partial charge on any atom is -0.494 e. The van der Waals surface area contributed by atoms with Gasteiger partial charge in [0.05, 0.1) is 30.4 Å². The molecule has 0 saturated carbocycles. The number of methoxy groups -OCH3 is 1. The zero-order valence-electron chi connectivity index (χ0n) is 16.1. The lowest BCUT2D eigenvalue weighted by Crippen LogP contribution is -2.19. The fourth-order valence-electron chi connectivity index (χ4n) is 2.80. The van der Waals surface area contributed by atoms with Gasteiger partial charge in [0.1, 0.15) is 5.75 Å². The summed E-state index contributed by atoms with van der Waals surface area (Å²) < 4.78 is 13.1. The Morgan fingerprint density at radius 1 is 1.14 bits per heavy atom. The maximum Gasteiger partial charge on any atom is 0.307 e. The monoisotopic (exact) mass is 398 g/mol. The fourth-order valence-corrected chi connectivity index (χ4v) is 3.95. The van der Waals surface area contributed by atoms with E-state index in [2.05, 4.69) is 11.1 Å². The molecule has 0 N–H and O–H groups in total. The molecule has 6 nitrogen and oxygen atoms in total. The smallest absolute Gasteiger partial charge is 0.307 e. The molecule has 3 rings (SSSR count). The number of thiazole rings is 1. The molecule has 0 atom stereocenters. The number of nitrogens with zero attached hydrogens (tertiary/aromatic N) is 2. The van der Waals surface area contributed by atoms with E-state index in [-0.39, 0.29) is 18.3 Å². The number of esters is 1. The van der Waals surface area contributed by atoms with Crippen LogP contribution in [0.1, 0.15) is 29.3 Å². The average molecular weight is 398 g/mol. The van der Waals surface area contributed by atoms with E-state index in [1.807, 2.05) is 30.5 Å². The van der Waals surface area contributed by atoms with Crippen molar-refractivity contribution in [3.05, 3.63) is 58.4 Å². The summed E-state index contributed by atoms with van der Waals surface area (Å²) in [5.41, 5.74) is 2.55. The summed E-state index contributed by atoms with van der Waals surface area (Å²) in [4.78, 5) is 29.1. The maximum atomic E-state index is 12.7. The summed E-state index contributed by atoms with van der Waals surface area (Å²) in [7, 11) is 1.36. The zero-order valence-corrected chi connectivity index (χ0v) is 16.9. The van der Waals surface area contributed by atoms with E-state index in [0.717, 1.165) is 15.8 Å². The Labute approximate surface area is 167 Å². The van der Waals surface area contributed by atoms with Gasteiger partial charge in [-0.2, -0.15) is 4.99 Å². The molecule has 0 aliphatic carbocycles. The number of ether oxygens (including phenoxy) is 2. The van der Waals surface area contributed by atoms with Crippen molar-refractivity contribution in [3.8, 4) is 5.75 Å². The molecule has 28 heavy (non-hydrogen) atoms. The number of amides is 1. The van der Waals surface area contributed by atoms with Crippen LogP contribution in [0.15, 0.2) is 47.5 Å². The summed E-state index contributed by atoms with van der Waals surface area (Å²) in [6, 6.07) is 13.0. The van der Waals surface area contributed by atoms with Crippen LogP contribution in [0.2, 0.25) is 0 Å². The maximum absolute atomic E-state index is 12.7. The minimum absolute atomic E-state index is 0.209. The van der Waals surface area contributed by atoms with Gasteiger partial charge in [-0.3, -0.25) is 9.59 Å². The number of aryl methyl sites for hydroxylation is 2. The Kier molecular flexibility index (Phi) is 6.26. The van der Waals surface area contributed by atoms with E-state index in [1.165, 1.54) is 18.4 Å². The Morgan fingerprint density at radius 2 is 1.89 bits per heavy atom. The van der Waals surface area contributed by atoms with Crippen LogP contribution in [-0.2, 0) is 16.1 Å². The quantitative estimate of drug-likeness (QED) is 0.594. The normalized spacial score (nSPS) is 11.6. The second-order valence-electron chi connectivity index (χ2n) is 6.21. The van der Waals surface area contributed by atoms with Gasteiger partial charge in [0.2, 0.25) is 0 Å². The fraction of sp³-hybridized carbons (Fsp3) is 0.286. The SMILES string of the molecule is CCOc1ccc(C(=O)N=c2sc3cc(C)ccc3n2CCC(=O)OC)cc1. The van der Waals surface area contributed by atoms with Gasteiger partial charge in [0.15, 0.2) is 4.80 Å². The van der Waals surface area contributed by atoms with Gasteiger partial charge in [-0.05, 0) is 55.8 Å². The van der Waals surface area contributed by atoms with E-state index in [9.17, 15) is 9.59 Å². The zero-order chi connectivity index (χ0) is 20.1. The first-order valence-electron chi connectivity index (χ1n) is 9.00. The van der Waals surface area contributed by atoms with Gasteiger partial charge < -0.3 is 14.0 Å². The predicted molar refractivity (Wildman–Crippen MR) is 109 cm³/mol. The largest absolute Gasteiger partial charge is 0.494 e. The van der Waals surface area contributed by atoms with E-state index < -0.39 is 0 Å². The second kappa shape index (κ2) is 8.84. The standard InChI is InChI=1S/C21H22N2O4S/c1-4-27-16-8-6-15(7-9-16)20(25)22-21-23(12-11-19(24)26-3)17-10-5-14(2)13-18(17)28-21/h5-10,13H,4,11-12H2,1-3H3. The molecule has 0 spiro atoms. The average Bonchev–Trinajstić information content (AvgIpc) is 3.02. The van der Waals surface area contributed by atoms with E-state index in [0.29, 0.717) is 29.3 Å². The molecule has 7 heteroatoms. The van der Waals surface area contributed by atoms with Gasteiger partial charge >= 0.3 is 5.97 Å². The van der Waals surface area contributed by atoms with Crippen molar-refractivity contribution >= 4 is 33.4 Å². The van der Waals surface area contributed by atoms with E-state index in [1.54, 1.807) is 24.3 Å². The number of carbonyl (C=O) groups is 2. The number of aromatic nitrogens is 1. The predicted octanol–water partition coefficient (Wildman–Crippen LogP) is 3.71. The molecule has 3 aromatic rings. The molecule has 2 aromatic carbocycles. The van der Waals surface area contributed by atoms with Crippen LogP contribution in [0.4, 0.5) is 0 Å². The summed E-state index contributed by atoms with van der Waals surface area (Å²) in [6.45, 7) is 4.88. The van der Waals surface area contributed by atoms with Crippen LogP contribution in [0.5, 0.6) is 5.75 Å². The molecule has 0 aliphatic heterocycles. The van der Waals surface area contributed by atoms with Gasteiger partial charge in [0, 0.05) is 12.1 Å². The highest BCUT2D eigenvalue weighted by Gasteiger charge is 2.11. The Balaban J connectivity index is 1.99. The van der Waals surface area contributed by atoms with E-state index >= 15 is 0 Å². The molecule has 1 amide bonds. The number of benzene rings is 2. The minimum atomic E-state index is -0.335. The van der Waals surface area contributed by atoms with Crippen LogP contribution >= 0.6 is 11.3 Å². The van der Waals surface area contributed by atoms with Crippen molar-refractivity contribution < 1.29 is 19.1 Å². The first-order valence-corrected chi connectivity index (χ1v) is 9.82. The molecule has 1 heterocycles. The number of hydrogen-bond donors (Lipinski definition) is 0. The van der Waals surface area contributed by atoms with Gasteiger partial charge in [-0.1, -0.05) is 17.4 Å². The number of fused-ring (bicyclic) bond motifs is 1. The van der Waals surface area contributed by atoms with Gasteiger partial charge in [0.25, 0.3) is 5.91 Å². The van der Waals surface area contributed by atoms with Crippen LogP contribution in [0.3, 0.4) is 0 Å². The van der Waals surface area contributed by atoms with Crippen molar-refractivity contribution in [1.82, 2.24) is 4.57 Å². The van der Waals surface area contributed by atoms with Crippen LogP contribution in [0, 0.1) is 6.92 Å². The lowest BCUT2D eigenvalue weighted by molar-refractivity contribution is -0.140. The summed E-state index contributed by atoms with van der Waals surface area (Å²) in [6.07, 6.45) is 0.209. The molecular weight excluding hydrogens is 376 g/mol. The Morgan fingerprint density at radius 3 is 2.57 bits per heavy atom. The Hall–Kier alpha value is -2.93.